The van der Waals surface area contributed by atoms with Crippen LogP contribution in [0.2, 0.25) is 5.02 Å². The number of carbonyl (C=O) groups excluding carboxylic acids is 1. The van der Waals surface area contributed by atoms with Gasteiger partial charge < -0.3 is 20.1 Å². The van der Waals surface area contributed by atoms with Crippen LogP contribution in [0.25, 0.3) is 0 Å². The van der Waals surface area contributed by atoms with Crippen LogP contribution in [-0.2, 0) is 0 Å². The number of rotatable bonds is 4. The van der Waals surface area contributed by atoms with Crippen LogP contribution in [0.4, 0.5) is 17.3 Å². The molecule has 0 spiro atoms. The number of halogens is 1. The second kappa shape index (κ2) is 7.74. The second-order valence-corrected chi connectivity index (χ2v) is 6.63. The van der Waals surface area contributed by atoms with Gasteiger partial charge in [0, 0.05) is 34.9 Å². The van der Waals surface area contributed by atoms with Crippen molar-refractivity contribution in [2.75, 3.05) is 23.8 Å². The zero-order valence-electron chi connectivity index (χ0n) is 15.0. The minimum Gasteiger partial charge on any atom is -0.486 e. The molecule has 1 aliphatic rings. The van der Waals surface area contributed by atoms with E-state index in [1.54, 1.807) is 24.3 Å². The molecule has 3 aromatic rings. The summed E-state index contributed by atoms with van der Waals surface area (Å²) in [7, 11) is 0. The number of ether oxygens (including phenoxy) is 2. The van der Waals surface area contributed by atoms with Crippen molar-refractivity contribution in [3.05, 3.63) is 64.9 Å². The van der Waals surface area contributed by atoms with Gasteiger partial charge in [-0.25, -0.2) is 9.97 Å². The van der Waals surface area contributed by atoms with Gasteiger partial charge in [-0.3, -0.25) is 4.79 Å². The van der Waals surface area contributed by atoms with Crippen molar-refractivity contribution in [3.8, 4) is 11.5 Å². The van der Waals surface area contributed by atoms with E-state index in [9.17, 15) is 4.79 Å². The SMILES string of the molecule is Cc1cc(Cl)ccc1Nc1ncc(C(=O)Nc2ccc3c(c2)OCCO3)cn1. The highest BCUT2D eigenvalue weighted by Crippen LogP contribution is 2.32. The molecular weight excluding hydrogens is 380 g/mol. The lowest BCUT2D eigenvalue weighted by molar-refractivity contribution is 0.102. The number of nitrogens with one attached hydrogen (secondary N) is 2. The average molecular weight is 397 g/mol. The van der Waals surface area contributed by atoms with Crippen molar-refractivity contribution in [1.29, 1.82) is 0 Å². The van der Waals surface area contributed by atoms with Gasteiger partial charge in [-0.15, -0.1) is 0 Å². The van der Waals surface area contributed by atoms with Crippen LogP contribution in [-0.4, -0.2) is 29.1 Å². The lowest BCUT2D eigenvalue weighted by atomic mass is 10.2. The summed E-state index contributed by atoms with van der Waals surface area (Å²) < 4.78 is 11.0. The average Bonchev–Trinajstić information content (AvgIpc) is 2.70. The molecule has 0 saturated carbocycles. The van der Waals surface area contributed by atoms with Gasteiger partial charge in [0.1, 0.15) is 13.2 Å². The van der Waals surface area contributed by atoms with E-state index in [2.05, 4.69) is 20.6 Å². The number of amides is 1. The summed E-state index contributed by atoms with van der Waals surface area (Å²) in [4.78, 5) is 20.9. The van der Waals surface area contributed by atoms with E-state index in [1.165, 1.54) is 12.4 Å². The molecule has 0 fully saturated rings. The Balaban J connectivity index is 1.44. The molecule has 2 aromatic carbocycles. The molecule has 4 rings (SSSR count). The van der Waals surface area contributed by atoms with Crippen molar-refractivity contribution in [2.45, 2.75) is 6.92 Å². The molecule has 0 aliphatic carbocycles. The minimum atomic E-state index is -0.314. The normalized spacial score (nSPS) is 12.4. The van der Waals surface area contributed by atoms with Gasteiger partial charge in [-0.2, -0.15) is 0 Å². The molecule has 2 N–H and O–H groups in total. The zero-order chi connectivity index (χ0) is 19.5. The summed E-state index contributed by atoms with van der Waals surface area (Å²) in [5.74, 6) is 1.35. The molecule has 0 atom stereocenters. The van der Waals surface area contributed by atoms with Crippen LogP contribution < -0.4 is 20.1 Å². The Kier molecular flexibility index (Phi) is 4.99. The van der Waals surface area contributed by atoms with Crippen molar-refractivity contribution >= 4 is 34.8 Å². The van der Waals surface area contributed by atoms with Crippen LogP contribution in [0.5, 0.6) is 11.5 Å². The Bertz CT molecular complexity index is 1020. The van der Waals surface area contributed by atoms with Gasteiger partial charge in [-0.05, 0) is 42.8 Å². The first-order valence-corrected chi connectivity index (χ1v) is 9.02. The maximum absolute atomic E-state index is 12.4. The van der Waals surface area contributed by atoms with E-state index in [0.717, 1.165) is 11.3 Å². The Morgan fingerprint density at radius 2 is 1.79 bits per heavy atom. The van der Waals surface area contributed by atoms with E-state index in [1.807, 2.05) is 19.1 Å². The molecule has 8 heteroatoms. The first-order chi connectivity index (χ1) is 13.6. The summed E-state index contributed by atoms with van der Waals surface area (Å²) in [6.07, 6.45) is 2.93. The van der Waals surface area contributed by atoms with Crippen molar-refractivity contribution in [1.82, 2.24) is 9.97 Å². The molecular formula is C20H17ClN4O3. The summed E-state index contributed by atoms with van der Waals surface area (Å²) in [5.41, 5.74) is 2.76. The summed E-state index contributed by atoms with van der Waals surface area (Å²) in [6, 6.07) is 10.7. The lowest BCUT2D eigenvalue weighted by Crippen LogP contribution is -2.16. The summed E-state index contributed by atoms with van der Waals surface area (Å²) in [5, 5.41) is 6.57. The predicted molar refractivity (Wildman–Crippen MR) is 107 cm³/mol. The fourth-order valence-corrected chi connectivity index (χ4v) is 2.95. The lowest BCUT2D eigenvalue weighted by Gasteiger charge is -2.19. The van der Waals surface area contributed by atoms with E-state index in [-0.39, 0.29) is 5.91 Å². The van der Waals surface area contributed by atoms with Crippen LogP contribution >= 0.6 is 11.6 Å². The number of aryl methyl sites for hydroxylation is 1. The van der Waals surface area contributed by atoms with E-state index >= 15 is 0 Å². The Morgan fingerprint density at radius 3 is 2.54 bits per heavy atom. The van der Waals surface area contributed by atoms with Gasteiger partial charge in [0.25, 0.3) is 5.91 Å². The largest absolute Gasteiger partial charge is 0.486 e. The molecule has 7 nitrogen and oxygen atoms in total. The molecule has 0 bridgehead atoms. The van der Waals surface area contributed by atoms with Gasteiger partial charge in [0.15, 0.2) is 11.5 Å². The van der Waals surface area contributed by atoms with Gasteiger partial charge >= 0.3 is 0 Å². The third kappa shape index (κ3) is 3.99. The Labute approximate surface area is 166 Å². The monoisotopic (exact) mass is 396 g/mol. The van der Waals surface area contributed by atoms with Crippen LogP contribution in [0.3, 0.4) is 0 Å². The van der Waals surface area contributed by atoms with Gasteiger partial charge in [0.05, 0.1) is 5.56 Å². The third-order valence-electron chi connectivity index (χ3n) is 4.15. The number of hydrogen-bond acceptors (Lipinski definition) is 6. The molecule has 0 saturated heterocycles. The maximum atomic E-state index is 12.4. The first kappa shape index (κ1) is 18.1. The summed E-state index contributed by atoms with van der Waals surface area (Å²) >= 11 is 5.96. The molecule has 1 aromatic heterocycles. The number of fused-ring (bicyclic) bond motifs is 1. The molecule has 2 heterocycles. The predicted octanol–water partition coefficient (Wildman–Crippen LogP) is 4.21. The molecule has 1 aliphatic heterocycles. The smallest absolute Gasteiger partial charge is 0.258 e. The quantitative estimate of drug-likeness (QED) is 0.687. The topological polar surface area (TPSA) is 85.4 Å². The number of carbonyl (C=O) groups is 1. The van der Waals surface area contributed by atoms with Crippen molar-refractivity contribution < 1.29 is 14.3 Å². The molecule has 0 radical (unpaired) electrons. The summed E-state index contributed by atoms with van der Waals surface area (Å²) in [6.45, 7) is 2.94. The molecule has 28 heavy (non-hydrogen) atoms. The number of aromatic nitrogens is 2. The standard InChI is InChI=1S/C20H17ClN4O3/c1-12-8-14(21)2-4-16(12)25-20-22-10-13(11-23-20)19(26)24-15-3-5-17-18(9-15)28-7-6-27-17/h2-5,8-11H,6-7H2,1H3,(H,24,26)(H,22,23,25). The molecule has 0 unspecified atom stereocenters. The number of anilines is 3. The fourth-order valence-electron chi connectivity index (χ4n) is 2.72. The van der Waals surface area contributed by atoms with E-state index < -0.39 is 0 Å². The highest BCUT2D eigenvalue weighted by atomic mass is 35.5. The van der Waals surface area contributed by atoms with Crippen LogP contribution in [0.15, 0.2) is 48.8 Å². The van der Waals surface area contributed by atoms with Crippen molar-refractivity contribution in [3.63, 3.8) is 0 Å². The van der Waals surface area contributed by atoms with Gasteiger partial charge in [0.2, 0.25) is 5.95 Å². The van der Waals surface area contributed by atoms with Crippen molar-refractivity contribution in [2.24, 2.45) is 0 Å². The molecule has 1 amide bonds. The third-order valence-corrected chi connectivity index (χ3v) is 4.38. The Hall–Kier alpha value is -3.32. The Morgan fingerprint density at radius 1 is 1.04 bits per heavy atom. The van der Waals surface area contributed by atoms with Crippen LogP contribution in [0.1, 0.15) is 15.9 Å². The van der Waals surface area contributed by atoms with E-state index in [4.69, 9.17) is 21.1 Å². The van der Waals surface area contributed by atoms with Gasteiger partial charge in [-0.1, -0.05) is 11.6 Å². The number of benzene rings is 2. The van der Waals surface area contributed by atoms with E-state index in [0.29, 0.717) is 46.9 Å². The fraction of sp³-hybridized carbons (Fsp3) is 0.150. The maximum Gasteiger partial charge on any atom is 0.258 e. The number of nitrogens with zero attached hydrogens (tertiary/aromatic N) is 2. The molecule has 142 valence electrons. The highest BCUT2D eigenvalue weighted by Gasteiger charge is 2.14. The highest BCUT2D eigenvalue weighted by molar-refractivity contribution is 6.30. The van der Waals surface area contributed by atoms with Crippen LogP contribution in [0, 0.1) is 6.92 Å². The second-order valence-electron chi connectivity index (χ2n) is 6.19. The minimum absolute atomic E-state index is 0.314. The first-order valence-electron chi connectivity index (χ1n) is 8.65. The zero-order valence-corrected chi connectivity index (χ0v) is 15.8. The number of hydrogen-bond donors (Lipinski definition) is 2.